The number of hydrogen-bond donors (Lipinski definition) is 1. The lowest BCUT2D eigenvalue weighted by atomic mass is 10.5. The van der Waals surface area contributed by atoms with Gasteiger partial charge < -0.3 is 10.2 Å². The van der Waals surface area contributed by atoms with Crippen molar-refractivity contribution in [3.05, 3.63) is 0 Å². The zero-order chi connectivity index (χ0) is 7.98. The van der Waals surface area contributed by atoms with Crippen LogP contribution in [0.15, 0.2) is 0 Å². The Labute approximate surface area is 78.5 Å². The highest BCUT2D eigenvalue weighted by molar-refractivity contribution is 6.27. The van der Waals surface area contributed by atoms with Gasteiger partial charge in [-0.3, -0.25) is 4.79 Å². The van der Waals surface area contributed by atoms with Gasteiger partial charge in [-0.25, -0.2) is 0 Å². The number of hydrogen-bond acceptors (Lipinski definition) is 2. The molecule has 68 valence electrons. The van der Waals surface area contributed by atoms with Gasteiger partial charge in [-0.2, -0.15) is 0 Å². The minimum Gasteiger partial charge on any atom is -0.354 e. The molecule has 0 atom stereocenters. The molecule has 0 saturated heterocycles. The molecule has 1 N–H and O–H groups in total. The Morgan fingerprint density at radius 2 is 2.09 bits per heavy atom. The quantitative estimate of drug-likeness (QED) is 0.664. The number of likely N-dealkylation sites (N-methyl/N-ethyl adjacent to an activating group) is 1. The van der Waals surface area contributed by atoms with E-state index in [0.717, 1.165) is 6.54 Å². The number of carbonyl (C=O) groups excluding carboxylic acids is 1. The highest BCUT2D eigenvalue weighted by atomic mass is 35.5. The molecule has 0 unspecified atom stereocenters. The van der Waals surface area contributed by atoms with Crippen molar-refractivity contribution in [3.8, 4) is 0 Å². The van der Waals surface area contributed by atoms with E-state index in [-0.39, 0.29) is 24.2 Å². The smallest absolute Gasteiger partial charge is 0.234 e. The maximum Gasteiger partial charge on any atom is 0.234 e. The van der Waals surface area contributed by atoms with Crippen LogP contribution in [0.1, 0.15) is 0 Å². The lowest BCUT2D eigenvalue weighted by molar-refractivity contribution is -0.118. The summed E-state index contributed by atoms with van der Waals surface area (Å²) in [5.74, 6) is -0.0588. The molecular formula is C6H14Cl2N2O. The van der Waals surface area contributed by atoms with Gasteiger partial charge in [0.15, 0.2) is 0 Å². The molecule has 11 heavy (non-hydrogen) atoms. The average Bonchev–Trinajstić information content (AvgIpc) is 1.87. The van der Waals surface area contributed by atoms with Gasteiger partial charge in [0.05, 0.1) is 0 Å². The molecule has 0 aliphatic heterocycles. The van der Waals surface area contributed by atoms with Crippen molar-refractivity contribution in [2.45, 2.75) is 0 Å². The molecule has 0 heterocycles. The van der Waals surface area contributed by atoms with E-state index < -0.39 is 0 Å². The first-order valence-corrected chi connectivity index (χ1v) is 3.67. The summed E-state index contributed by atoms with van der Waals surface area (Å²) in [7, 11) is 3.90. The Balaban J connectivity index is 0. The topological polar surface area (TPSA) is 32.3 Å². The fraction of sp³-hybridized carbons (Fsp3) is 0.833. The Bertz CT molecular complexity index is 109. The van der Waals surface area contributed by atoms with Gasteiger partial charge >= 0.3 is 0 Å². The molecule has 0 saturated carbocycles. The maximum absolute atomic E-state index is 10.5. The molecule has 0 aromatic carbocycles. The number of halogens is 2. The van der Waals surface area contributed by atoms with Crippen molar-refractivity contribution in [2.24, 2.45) is 0 Å². The number of carbonyl (C=O) groups is 1. The molecule has 0 aromatic rings. The summed E-state index contributed by atoms with van der Waals surface area (Å²) in [6.07, 6.45) is 0. The minimum absolute atomic E-state index is 0. The zero-order valence-corrected chi connectivity index (χ0v) is 8.34. The predicted molar refractivity (Wildman–Crippen MR) is 49.5 cm³/mol. The van der Waals surface area contributed by atoms with Crippen molar-refractivity contribution in [2.75, 3.05) is 33.1 Å². The van der Waals surface area contributed by atoms with Crippen LogP contribution in [0.3, 0.4) is 0 Å². The summed E-state index contributed by atoms with van der Waals surface area (Å²) < 4.78 is 0. The normalized spacial score (nSPS) is 9.09. The van der Waals surface area contributed by atoms with Crippen molar-refractivity contribution in [3.63, 3.8) is 0 Å². The third-order valence-electron chi connectivity index (χ3n) is 1.00. The van der Waals surface area contributed by atoms with Crippen LogP contribution in [0.4, 0.5) is 0 Å². The first-order chi connectivity index (χ1) is 4.66. The summed E-state index contributed by atoms with van der Waals surface area (Å²) in [5, 5.41) is 2.65. The van der Waals surface area contributed by atoms with Crippen molar-refractivity contribution in [1.82, 2.24) is 10.2 Å². The lowest BCUT2D eigenvalue weighted by Crippen LogP contribution is -2.31. The highest BCUT2D eigenvalue weighted by Crippen LogP contribution is 1.74. The van der Waals surface area contributed by atoms with E-state index in [1.165, 1.54) is 0 Å². The van der Waals surface area contributed by atoms with Crippen LogP contribution in [0, 0.1) is 0 Å². The highest BCUT2D eigenvalue weighted by Gasteiger charge is 1.95. The van der Waals surface area contributed by atoms with Crippen LogP contribution in [0.2, 0.25) is 0 Å². The van der Waals surface area contributed by atoms with Gasteiger partial charge in [0.1, 0.15) is 5.88 Å². The first kappa shape index (κ1) is 13.6. The minimum atomic E-state index is -0.108. The second kappa shape index (κ2) is 8.11. The van der Waals surface area contributed by atoms with Crippen LogP contribution in [-0.2, 0) is 4.79 Å². The standard InChI is InChI=1S/C6H13ClN2O.ClH/c1-9(2)4-3-8-6(10)5-7;/h3-5H2,1-2H3,(H,8,10);1H. The lowest BCUT2D eigenvalue weighted by Gasteiger charge is -2.08. The van der Waals surface area contributed by atoms with Crippen LogP contribution in [-0.4, -0.2) is 43.9 Å². The second-order valence-electron chi connectivity index (χ2n) is 2.29. The third kappa shape index (κ3) is 10.0. The molecule has 0 radical (unpaired) electrons. The monoisotopic (exact) mass is 200 g/mol. The molecule has 0 spiro atoms. The van der Waals surface area contributed by atoms with Crippen LogP contribution >= 0.6 is 24.0 Å². The fourth-order valence-electron chi connectivity index (χ4n) is 0.466. The van der Waals surface area contributed by atoms with E-state index in [2.05, 4.69) is 5.32 Å². The van der Waals surface area contributed by atoms with Crippen molar-refractivity contribution < 1.29 is 4.79 Å². The molecule has 0 aliphatic carbocycles. The summed E-state index contributed by atoms with van der Waals surface area (Å²) >= 11 is 5.24. The largest absolute Gasteiger partial charge is 0.354 e. The molecule has 1 amide bonds. The number of alkyl halides is 1. The predicted octanol–water partition coefficient (Wildman–Crippen LogP) is 0.325. The summed E-state index contributed by atoms with van der Waals surface area (Å²) in [6.45, 7) is 1.52. The van der Waals surface area contributed by atoms with Crippen LogP contribution in [0.5, 0.6) is 0 Å². The molecule has 0 rings (SSSR count). The van der Waals surface area contributed by atoms with E-state index in [1.54, 1.807) is 0 Å². The number of amides is 1. The van der Waals surface area contributed by atoms with E-state index in [0.29, 0.717) is 6.54 Å². The number of nitrogens with zero attached hydrogens (tertiary/aromatic N) is 1. The van der Waals surface area contributed by atoms with E-state index in [4.69, 9.17) is 11.6 Å². The summed E-state index contributed by atoms with van der Waals surface area (Å²) in [6, 6.07) is 0. The molecular weight excluding hydrogens is 187 g/mol. The molecule has 0 aliphatic rings. The van der Waals surface area contributed by atoms with E-state index in [1.807, 2.05) is 19.0 Å². The summed E-state index contributed by atoms with van der Waals surface area (Å²) in [4.78, 5) is 12.5. The Morgan fingerprint density at radius 1 is 1.55 bits per heavy atom. The van der Waals surface area contributed by atoms with Gasteiger partial charge in [0.25, 0.3) is 0 Å². The van der Waals surface area contributed by atoms with Gasteiger partial charge in [-0.1, -0.05) is 0 Å². The molecule has 0 aromatic heterocycles. The first-order valence-electron chi connectivity index (χ1n) is 3.14. The summed E-state index contributed by atoms with van der Waals surface area (Å²) in [5.41, 5.74) is 0. The Morgan fingerprint density at radius 3 is 2.45 bits per heavy atom. The van der Waals surface area contributed by atoms with Crippen molar-refractivity contribution in [1.29, 1.82) is 0 Å². The van der Waals surface area contributed by atoms with Gasteiger partial charge in [-0.15, -0.1) is 24.0 Å². The Kier molecular flexibility index (Phi) is 10.0. The molecule has 0 bridgehead atoms. The molecule has 5 heteroatoms. The average molecular weight is 201 g/mol. The number of nitrogens with one attached hydrogen (secondary N) is 1. The fourth-order valence-corrected chi connectivity index (χ4v) is 0.561. The molecule has 3 nitrogen and oxygen atoms in total. The van der Waals surface area contributed by atoms with E-state index >= 15 is 0 Å². The SMILES string of the molecule is CN(C)CCNC(=O)CCl.Cl. The third-order valence-corrected chi connectivity index (χ3v) is 1.25. The zero-order valence-electron chi connectivity index (χ0n) is 6.76. The van der Waals surface area contributed by atoms with E-state index in [9.17, 15) is 4.79 Å². The van der Waals surface area contributed by atoms with Crippen LogP contribution < -0.4 is 5.32 Å². The van der Waals surface area contributed by atoms with Gasteiger partial charge in [0, 0.05) is 13.1 Å². The number of rotatable bonds is 4. The molecule has 0 fully saturated rings. The maximum atomic E-state index is 10.5. The van der Waals surface area contributed by atoms with Gasteiger partial charge in [-0.05, 0) is 14.1 Å². The van der Waals surface area contributed by atoms with Gasteiger partial charge in [0.2, 0.25) is 5.91 Å². The van der Waals surface area contributed by atoms with Crippen molar-refractivity contribution >= 4 is 29.9 Å². The van der Waals surface area contributed by atoms with Crippen LogP contribution in [0.25, 0.3) is 0 Å². The Hall–Kier alpha value is 0.01000. The second-order valence-corrected chi connectivity index (χ2v) is 2.55.